The van der Waals surface area contributed by atoms with E-state index in [1.54, 1.807) is 0 Å². The highest BCUT2D eigenvalue weighted by Crippen LogP contribution is 2.32. The monoisotopic (exact) mass is 225 g/mol. The maximum Gasteiger partial charge on any atom is 0.0784 e. The summed E-state index contributed by atoms with van der Waals surface area (Å²) in [4.78, 5) is 1.83. The Morgan fingerprint density at radius 1 is 1.00 bits per heavy atom. The van der Waals surface area contributed by atoms with Crippen molar-refractivity contribution in [1.29, 1.82) is 0 Å². The molecular weight excluding hydrogens is 213 g/mol. The number of rotatable bonds is 0. The van der Waals surface area contributed by atoms with Crippen LogP contribution in [-0.2, 0) is 0 Å². The molecule has 3 rings (SSSR count). The van der Waals surface area contributed by atoms with E-state index in [-0.39, 0.29) is 12.4 Å². The number of nitrogens with one attached hydrogen (secondary N) is 1. The van der Waals surface area contributed by atoms with Crippen molar-refractivity contribution >= 4 is 15.9 Å². The molecule has 0 radical (unpaired) electrons. The number of quaternary nitrogens is 1. The topological polar surface area (TPSA) is 4.44 Å². The zero-order chi connectivity index (χ0) is 6.32. The second-order valence-corrected chi connectivity index (χ2v) is 5.08. The van der Waals surface area contributed by atoms with Gasteiger partial charge in [-0.2, -0.15) is 0 Å². The summed E-state index contributed by atoms with van der Waals surface area (Å²) in [6, 6.07) is 0. The number of piperidine rings is 3. The van der Waals surface area contributed by atoms with Crippen LogP contribution in [0.2, 0.25) is 0 Å². The summed E-state index contributed by atoms with van der Waals surface area (Å²) in [6.45, 7) is 4.22. The van der Waals surface area contributed by atoms with Crippen LogP contribution >= 0.6 is 15.9 Å². The summed E-state index contributed by atoms with van der Waals surface area (Å²) in [7, 11) is 0. The minimum absolute atomic E-state index is 0. The molecule has 10 heavy (non-hydrogen) atoms. The first kappa shape index (κ1) is 8.82. The number of alkyl halides is 1. The molecule has 3 aliphatic rings. The van der Waals surface area contributed by atoms with Gasteiger partial charge in [-0.15, -0.1) is 0 Å². The normalized spacial score (nSPS) is 44.7. The Labute approximate surface area is 76.7 Å². The predicted octanol–water partition coefficient (Wildman–Crippen LogP) is -2.79. The van der Waals surface area contributed by atoms with Crippen molar-refractivity contribution in [1.82, 2.24) is 0 Å². The molecule has 3 saturated heterocycles. The van der Waals surface area contributed by atoms with Gasteiger partial charge < -0.3 is 17.3 Å². The van der Waals surface area contributed by atoms with Crippen molar-refractivity contribution in [2.75, 3.05) is 19.6 Å². The van der Waals surface area contributed by atoms with Gasteiger partial charge in [0.15, 0.2) is 0 Å². The third kappa shape index (κ3) is 1.49. The highest BCUT2D eigenvalue weighted by atomic mass is 79.9. The molecule has 0 amide bonds. The van der Waals surface area contributed by atoms with Gasteiger partial charge in [-0.3, -0.25) is 0 Å². The number of hydrogen-bond donors (Lipinski definition) is 1. The summed E-state index contributed by atoms with van der Waals surface area (Å²) in [6.07, 6.45) is 4.22. The SMILES string of the molecule is BrC12CC[NH+](CC1)CC2.[Cl-]. The highest BCUT2D eigenvalue weighted by molar-refractivity contribution is 9.10. The van der Waals surface area contributed by atoms with Crippen LogP contribution in [0, 0.1) is 0 Å². The van der Waals surface area contributed by atoms with Crippen LogP contribution in [0.15, 0.2) is 0 Å². The van der Waals surface area contributed by atoms with E-state index < -0.39 is 0 Å². The Morgan fingerprint density at radius 2 is 1.40 bits per heavy atom. The Balaban J connectivity index is 0.000000500. The molecule has 1 N–H and O–H groups in total. The second kappa shape index (κ2) is 3.00. The lowest BCUT2D eigenvalue weighted by atomic mass is 9.88. The zero-order valence-corrected chi connectivity index (χ0v) is 8.34. The Hall–Kier alpha value is 0.730. The molecule has 3 fully saturated rings. The van der Waals surface area contributed by atoms with E-state index >= 15 is 0 Å². The van der Waals surface area contributed by atoms with Crippen molar-refractivity contribution in [3.05, 3.63) is 0 Å². The van der Waals surface area contributed by atoms with E-state index in [4.69, 9.17) is 0 Å². The van der Waals surface area contributed by atoms with Crippen LogP contribution < -0.4 is 17.3 Å². The molecule has 3 aliphatic heterocycles. The predicted molar refractivity (Wildman–Crippen MR) is 41.1 cm³/mol. The standard InChI is InChI=1S/C7H12BrN.ClH/c8-7-1-4-9(5-2-7)6-3-7;/h1-6H2;1H. The minimum Gasteiger partial charge on any atom is -1.00 e. The smallest absolute Gasteiger partial charge is 0.0784 e. The highest BCUT2D eigenvalue weighted by Gasteiger charge is 2.39. The Morgan fingerprint density at radius 3 is 1.60 bits per heavy atom. The molecule has 0 aromatic heterocycles. The summed E-state index contributed by atoms with van der Waals surface area (Å²) in [5.41, 5.74) is 0. The fourth-order valence-electron chi connectivity index (χ4n) is 1.95. The maximum atomic E-state index is 3.82. The molecule has 60 valence electrons. The molecule has 3 heteroatoms. The van der Waals surface area contributed by atoms with Gasteiger partial charge in [0, 0.05) is 23.6 Å². The van der Waals surface area contributed by atoms with Crippen molar-refractivity contribution in [2.24, 2.45) is 0 Å². The molecule has 2 bridgehead atoms. The van der Waals surface area contributed by atoms with Crippen molar-refractivity contribution in [3.63, 3.8) is 0 Å². The summed E-state index contributed by atoms with van der Waals surface area (Å²) >= 11 is 3.82. The van der Waals surface area contributed by atoms with E-state index in [1.165, 1.54) is 38.9 Å². The van der Waals surface area contributed by atoms with Crippen LogP contribution in [-0.4, -0.2) is 24.0 Å². The fourth-order valence-corrected chi connectivity index (χ4v) is 2.55. The minimum atomic E-state index is 0. The van der Waals surface area contributed by atoms with Crippen molar-refractivity contribution in [3.8, 4) is 0 Å². The number of hydrogen-bond acceptors (Lipinski definition) is 0. The first-order valence-electron chi connectivity index (χ1n) is 3.81. The van der Waals surface area contributed by atoms with Gasteiger partial charge in [-0.05, 0) is 0 Å². The molecule has 3 heterocycles. The van der Waals surface area contributed by atoms with Gasteiger partial charge in [-0.1, -0.05) is 15.9 Å². The van der Waals surface area contributed by atoms with Crippen molar-refractivity contribution < 1.29 is 17.3 Å². The van der Waals surface area contributed by atoms with Crippen LogP contribution in [0.4, 0.5) is 0 Å². The molecule has 1 nitrogen and oxygen atoms in total. The van der Waals surface area contributed by atoms with E-state index in [9.17, 15) is 0 Å². The molecule has 0 saturated carbocycles. The van der Waals surface area contributed by atoms with Gasteiger partial charge in [0.1, 0.15) is 0 Å². The maximum absolute atomic E-state index is 3.82. The lowest BCUT2D eigenvalue weighted by molar-refractivity contribution is -0.914. The summed E-state index contributed by atoms with van der Waals surface area (Å²) in [5.74, 6) is 0. The third-order valence-electron chi connectivity index (χ3n) is 2.78. The van der Waals surface area contributed by atoms with Gasteiger partial charge >= 0.3 is 0 Å². The Kier molecular flexibility index (Phi) is 2.64. The molecule has 0 unspecified atom stereocenters. The number of halogens is 2. The van der Waals surface area contributed by atoms with Gasteiger partial charge in [0.25, 0.3) is 0 Å². The molecular formula is C7H13BrClN. The lowest BCUT2D eigenvalue weighted by Crippen LogP contribution is -3.15. The van der Waals surface area contributed by atoms with Gasteiger partial charge in [-0.25, -0.2) is 0 Å². The van der Waals surface area contributed by atoms with E-state index in [2.05, 4.69) is 15.9 Å². The summed E-state index contributed by atoms with van der Waals surface area (Å²) < 4.78 is 0.578. The van der Waals surface area contributed by atoms with E-state index in [0.29, 0.717) is 4.32 Å². The fraction of sp³-hybridized carbons (Fsp3) is 1.00. The lowest BCUT2D eigenvalue weighted by Gasteiger charge is -2.41. The van der Waals surface area contributed by atoms with Crippen LogP contribution in [0.5, 0.6) is 0 Å². The van der Waals surface area contributed by atoms with Crippen LogP contribution in [0.1, 0.15) is 19.3 Å². The molecule has 0 aromatic carbocycles. The molecule has 0 aromatic rings. The van der Waals surface area contributed by atoms with Gasteiger partial charge in [0.2, 0.25) is 0 Å². The average molecular weight is 227 g/mol. The van der Waals surface area contributed by atoms with Crippen LogP contribution in [0.3, 0.4) is 0 Å². The largest absolute Gasteiger partial charge is 1.00 e. The molecule has 0 aliphatic carbocycles. The molecule has 0 atom stereocenters. The second-order valence-electron chi connectivity index (χ2n) is 3.40. The number of fused-ring (bicyclic) bond motifs is 3. The first-order chi connectivity index (χ1) is 4.29. The quantitative estimate of drug-likeness (QED) is 0.426. The van der Waals surface area contributed by atoms with Gasteiger partial charge in [0.05, 0.1) is 19.6 Å². The first-order valence-corrected chi connectivity index (χ1v) is 4.60. The zero-order valence-electron chi connectivity index (χ0n) is 6.00. The summed E-state index contributed by atoms with van der Waals surface area (Å²) in [5, 5.41) is 0. The van der Waals surface area contributed by atoms with E-state index in [1.807, 2.05) is 4.90 Å². The third-order valence-corrected chi connectivity index (χ3v) is 3.97. The molecule has 0 spiro atoms. The van der Waals surface area contributed by atoms with Crippen LogP contribution in [0.25, 0.3) is 0 Å². The Bertz CT molecular complexity index is 107. The van der Waals surface area contributed by atoms with E-state index in [0.717, 1.165) is 0 Å². The average Bonchev–Trinajstić information content (AvgIpc) is 1.90. The van der Waals surface area contributed by atoms with Crippen molar-refractivity contribution in [2.45, 2.75) is 23.6 Å².